The monoisotopic (exact) mass is 824 g/mol. The number of halogens is 1. The van der Waals surface area contributed by atoms with Gasteiger partial charge in [-0.15, -0.1) is 12.8 Å². The largest absolute Gasteiger partial charge is 0.508 e. The predicted molar refractivity (Wildman–Crippen MR) is 230 cm³/mol. The molecule has 2 aromatic heterocycles. The molecule has 3 heterocycles. The molecule has 5 aromatic rings. The van der Waals surface area contributed by atoms with Gasteiger partial charge in [0.15, 0.2) is 5.76 Å². The van der Waals surface area contributed by atoms with Crippen LogP contribution < -0.4 is 16.4 Å². The molecule has 0 saturated carbocycles. The fourth-order valence-corrected chi connectivity index (χ4v) is 5.49. The first-order valence-corrected chi connectivity index (χ1v) is 19.0. The van der Waals surface area contributed by atoms with E-state index in [-0.39, 0.29) is 37.9 Å². The van der Waals surface area contributed by atoms with Crippen molar-refractivity contribution in [3.05, 3.63) is 138 Å². The van der Waals surface area contributed by atoms with Crippen LogP contribution >= 0.6 is 12.0 Å². The van der Waals surface area contributed by atoms with Crippen molar-refractivity contribution < 1.29 is 33.0 Å². The highest BCUT2D eigenvalue weighted by atomic mass is 32.2. The van der Waals surface area contributed by atoms with Crippen LogP contribution in [0.4, 0.5) is 10.1 Å². The molecule has 1 unspecified atom stereocenters. The standard InChI is InChI=1S/C32H32FN7O3.C7H8O.C2H2.CH3NO.CH4OS/c1-3-26-23(10-7-11-27(26)34-2)19-39-20-30(37-15-22-8-5-4-6-9-22)40(21-32(39)42)31(41)18-35-17-25-14-29(38-43-25)28-13-12-24(33)16-36-28;1-6-2-4-7(8)5-3-6;1-2;2-1-3;1-3-2/h3-14,16,30,35,37H,1-2,15,17-21H2;2-5,8H,1H3;1-2H;1H,(H2,2,3);2H,1H3. The van der Waals surface area contributed by atoms with Crippen LogP contribution in [0, 0.1) is 25.6 Å². The number of nitrogens with zero attached hydrogens (tertiary/aromatic N) is 5. The van der Waals surface area contributed by atoms with Gasteiger partial charge < -0.3 is 35.0 Å². The summed E-state index contributed by atoms with van der Waals surface area (Å²) in [6.45, 7) is 10.8. The first kappa shape index (κ1) is 48.5. The van der Waals surface area contributed by atoms with Gasteiger partial charge in [0.25, 0.3) is 0 Å². The fourth-order valence-electron chi connectivity index (χ4n) is 5.49. The lowest BCUT2D eigenvalue weighted by Crippen LogP contribution is -2.63. The molecular formula is C43H49FN8O6S. The second kappa shape index (κ2) is 27.1. The Kier molecular flexibility index (Phi) is 22.3. The SMILES string of the molecule is C#C.C=Cc1c(CN2CC(NCc3ccccc3)N(C(=O)CNCc3cc(-c4ccc(F)cn4)no3)CC2=O)cccc1N=C.CSO.Cc1ccc(O)cc1.NC=O. The van der Waals surface area contributed by atoms with E-state index in [0.717, 1.165) is 34.9 Å². The number of carbonyl (C=O) groups excluding carboxylic acids is 3. The topological polar surface area (TPSA) is 200 Å². The number of aryl methyl sites for hydroxylation is 1. The third-order valence-electron chi connectivity index (χ3n) is 8.20. The van der Waals surface area contributed by atoms with Crippen LogP contribution in [-0.2, 0) is 34.0 Å². The average Bonchev–Trinajstić information content (AvgIpc) is 3.73. The molecule has 0 bridgehead atoms. The van der Waals surface area contributed by atoms with Gasteiger partial charge in [-0.3, -0.25) is 29.7 Å². The lowest BCUT2D eigenvalue weighted by atomic mass is 10.0. The summed E-state index contributed by atoms with van der Waals surface area (Å²) in [5.41, 5.74) is 9.76. The summed E-state index contributed by atoms with van der Waals surface area (Å²) in [4.78, 5) is 46.7. The van der Waals surface area contributed by atoms with E-state index in [1.54, 1.807) is 40.3 Å². The molecule has 1 atom stereocenters. The van der Waals surface area contributed by atoms with E-state index in [4.69, 9.17) is 19.0 Å². The quantitative estimate of drug-likeness (QED) is 0.0441. The zero-order valence-electron chi connectivity index (χ0n) is 32.9. The third-order valence-corrected chi connectivity index (χ3v) is 8.20. The van der Waals surface area contributed by atoms with Crippen molar-refractivity contribution in [3.8, 4) is 30.0 Å². The number of amides is 3. The molecule has 3 amide bonds. The molecule has 1 aliphatic rings. The van der Waals surface area contributed by atoms with Gasteiger partial charge in [-0.2, -0.15) is 0 Å². The second-order valence-corrected chi connectivity index (χ2v) is 12.6. The number of terminal acetylenes is 1. The number of rotatable bonds is 12. The summed E-state index contributed by atoms with van der Waals surface area (Å²) in [6, 6.07) is 27.1. The van der Waals surface area contributed by atoms with Crippen LogP contribution in [0.15, 0.2) is 113 Å². The minimum atomic E-state index is -0.441. The van der Waals surface area contributed by atoms with Crippen molar-refractivity contribution in [2.24, 2.45) is 10.7 Å². The van der Waals surface area contributed by atoms with Gasteiger partial charge >= 0.3 is 0 Å². The van der Waals surface area contributed by atoms with Gasteiger partial charge in [0, 0.05) is 31.0 Å². The molecule has 1 fully saturated rings. The second-order valence-electron chi connectivity index (χ2n) is 12.2. The molecule has 0 spiro atoms. The van der Waals surface area contributed by atoms with Crippen molar-refractivity contribution in [1.82, 2.24) is 30.6 Å². The van der Waals surface area contributed by atoms with Crippen molar-refractivity contribution in [1.29, 1.82) is 0 Å². The predicted octanol–water partition coefficient (Wildman–Crippen LogP) is 5.80. The molecule has 3 aromatic carbocycles. The number of piperazine rings is 1. The number of aromatic nitrogens is 2. The Bertz CT molecular complexity index is 2040. The number of aliphatic imine (C=N–C) groups is 1. The normalized spacial score (nSPS) is 12.7. The minimum absolute atomic E-state index is 0.0186. The van der Waals surface area contributed by atoms with Gasteiger partial charge in [0.1, 0.15) is 30.0 Å². The number of hydrogen-bond acceptors (Lipinski definition) is 12. The maximum Gasteiger partial charge on any atom is 0.242 e. The number of phenols is 1. The first-order chi connectivity index (χ1) is 28.6. The van der Waals surface area contributed by atoms with Crippen molar-refractivity contribution in [3.63, 3.8) is 0 Å². The van der Waals surface area contributed by atoms with Crippen LogP contribution in [-0.4, -0.2) is 86.6 Å². The van der Waals surface area contributed by atoms with Crippen LogP contribution in [0.3, 0.4) is 0 Å². The molecule has 6 N–H and O–H groups in total. The zero-order valence-corrected chi connectivity index (χ0v) is 33.7. The molecule has 6 rings (SSSR count). The van der Waals surface area contributed by atoms with Crippen molar-refractivity contribution in [2.45, 2.75) is 32.7 Å². The number of primary amides is 1. The number of hydrogen-bond donors (Lipinski definition) is 5. The number of pyridine rings is 1. The van der Waals surface area contributed by atoms with Crippen LogP contribution in [0.1, 0.15) is 28.0 Å². The highest BCUT2D eigenvalue weighted by Crippen LogP contribution is 2.26. The lowest BCUT2D eigenvalue weighted by molar-refractivity contribution is -0.150. The molecule has 0 aliphatic carbocycles. The maximum absolute atomic E-state index is 13.4. The van der Waals surface area contributed by atoms with E-state index in [1.165, 1.54) is 17.7 Å². The van der Waals surface area contributed by atoms with E-state index in [0.29, 0.717) is 48.2 Å². The molecule has 16 heteroatoms. The maximum atomic E-state index is 13.4. The molecule has 310 valence electrons. The summed E-state index contributed by atoms with van der Waals surface area (Å²) < 4.78 is 26.0. The molecular weight excluding hydrogens is 776 g/mol. The van der Waals surface area contributed by atoms with E-state index in [9.17, 15) is 14.0 Å². The summed E-state index contributed by atoms with van der Waals surface area (Å²) in [7, 11) is 0. The number of phenolic OH excluding ortho intramolecular Hbond substituents is 1. The van der Waals surface area contributed by atoms with Gasteiger partial charge in [-0.25, -0.2) is 4.39 Å². The number of nitrogens with two attached hydrogens (primary N) is 1. The minimum Gasteiger partial charge on any atom is -0.508 e. The Morgan fingerprint density at radius 2 is 1.76 bits per heavy atom. The van der Waals surface area contributed by atoms with E-state index < -0.39 is 12.0 Å². The Morgan fingerprint density at radius 3 is 2.36 bits per heavy atom. The smallest absolute Gasteiger partial charge is 0.242 e. The highest BCUT2D eigenvalue weighted by molar-refractivity contribution is 7.93. The van der Waals surface area contributed by atoms with Gasteiger partial charge in [0.2, 0.25) is 18.2 Å². The van der Waals surface area contributed by atoms with Crippen molar-refractivity contribution >= 4 is 48.7 Å². The average molecular weight is 825 g/mol. The van der Waals surface area contributed by atoms with Crippen molar-refractivity contribution in [2.75, 3.05) is 25.9 Å². The molecule has 14 nitrogen and oxygen atoms in total. The zero-order chi connectivity index (χ0) is 43.6. The molecule has 0 radical (unpaired) electrons. The van der Waals surface area contributed by atoms with E-state index in [1.807, 2.05) is 67.6 Å². The number of aromatic hydroxyl groups is 1. The summed E-state index contributed by atoms with van der Waals surface area (Å²) in [5.74, 6) is -0.0180. The Labute approximate surface area is 348 Å². The van der Waals surface area contributed by atoms with Crippen LogP contribution in [0.5, 0.6) is 5.75 Å². The van der Waals surface area contributed by atoms with E-state index >= 15 is 0 Å². The molecule has 1 saturated heterocycles. The molecule has 1 aliphatic heterocycles. The van der Waals surface area contributed by atoms with E-state index in [2.05, 4.69) is 57.6 Å². The highest BCUT2D eigenvalue weighted by Gasteiger charge is 2.35. The Morgan fingerprint density at radius 1 is 1.08 bits per heavy atom. The number of nitrogens with one attached hydrogen (secondary N) is 2. The molecule has 59 heavy (non-hydrogen) atoms. The first-order valence-electron chi connectivity index (χ1n) is 17.8. The fraction of sp³-hybridized carbons (Fsp3) is 0.209. The summed E-state index contributed by atoms with van der Waals surface area (Å²) in [5, 5.41) is 19.3. The van der Waals surface area contributed by atoms with Gasteiger partial charge in [-0.1, -0.05) is 78.0 Å². The Balaban J connectivity index is 0.000000637. The third kappa shape index (κ3) is 16.4. The Hall–Kier alpha value is -6.64. The summed E-state index contributed by atoms with van der Waals surface area (Å²) in [6.07, 6.45) is 12.3. The number of benzene rings is 3. The summed E-state index contributed by atoms with van der Waals surface area (Å²) >= 11 is 0.750. The lowest BCUT2D eigenvalue weighted by Gasteiger charge is -2.41. The number of carbonyl (C=O) groups is 3. The van der Waals surface area contributed by atoms with Gasteiger partial charge in [-0.05, 0) is 67.1 Å². The van der Waals surface area contributed by atoms with Crippen LogP contribution in [0.25, 0.3) is 17.5 Å². The van der Waals surface area contributed by atoms with Crippen LogP contribution in [0.2, 0.25) is 0 Å². The van der Waals surface area contributed by atoms with Gasteiger partial charge in [0.05, 0.1) is 37.2 Å².